The van der Waals surface area contributed by atoms with Crippen molar-refractivity contribution in [3.8, 4) is 5.69 Å². The molecule has 2 aromatic rings. The quantitative estimate of drug-likeness (QED) is 0.943. The molecule has 0 fully saturated rings. The number of benzene rings is 1. The lowest BCUT2D eigenvalue weighted by Crippen LogP contribution is -2.39. The lowest BCUT2D eigenvalue weighted by Gasteiger charge is -2.25. The first kappa shape index (κ1) is 16.2. The predicted octanol–water partition coefficient (Wildman–Crippen LogP) is 2.33. The zero-order valence-electron chi connectivity index (χ0n) is 13.8. The summed E-state index contributed by atoms with van der Waals surface area (Å²) in [6, 6.07) is 9.34. The van der Waals surface area contributed by atoms with Crippen LogP contribution >= 0.6 is 0 Å². The third kappa shape index (κ3) is 3.74. The van der Waals surface area contributed by atoms with Crippen molar-refractivity contribution in [1.29, 1.82) is 0 Å². The minimum atomic E-state index is -0.909. The van der Waals surface area contributed by atoms with Gasteiger partial charge in [-0.05, 0) is 58.0 Å². The highest BCUT2D eigenvalue weighted by Crippen LogP contribution is 2.15. The topological polar surface area (TPSA) is 58.4 Å². The average Bonchev–Trinajstić information content (AvgIpc) is 2.75. The summed E-state index contributed by atoms with van der Waals surface area (Å²) in [5.41, 5.74) is 2.62. The molecule has 0 saturated carbocycles. The SMILES string of the molecule is Cc1cc(C)n(-c2ccc(C(=O)N(C)CC(C)(C)O)cc2)n1. The fourth-order valence-electron chi connectivity index (χ4n) is 2.51. The molecule has 5 heteroatoms. The number of hydrogen-bond acceptors (Lipinski definition) is 3. The molecule has 0 bridgehead atoms. The maximum absolute atomic E-state index is 12.3. The Kier molecular flexibility index (Phi) is 4.37. The third-order valence-electron chi connectivity index (χ3n) is 3.34. The van der Waals surface area contributed by atoms with Crippen molar-refractivity contribution in [2.45, 2.75) is 33.3 Å². The second-order valence-electron chi connectivity index (χ2n) is 6.36. The lowest BCUT2D eigenvalue weighted by molar-refractivity contribution is 0.0368. The van der Waals surface area contributed by atoms with Crippen LogP contribution in [0.2, 0.25) is 0 Å². The van der Waals surface area contributed by atoms with Gasteiger partial charge < -0.3 is 10.0 Å². The zero-order valence-corrected chi connectivity index (χ0v) is 13.8. The minimum Gasteiger partial charge on any atom is -0.389 e. The number of nitrogens with zero attached hydrogens (tertiary/aromatic N) is 3. The van der Waals surface area contributed by atoms with E-state index in [2.05, 4.69) is 5.10 Å². The Morgan fingerprint density at radius 3 is 2.32 bits per heavy atom. The smallest absolute Gasteiger partial charge is 0.253 e. The second-order valence-corrected chi connectivity index (χ2v) is 6.36. The van der Waals surface area contributed by atoms with E-state index in [4.69, 9.17) is 0 Å². The number of hydrogen-bond donors (Lipinski definition) is 1. The van der Waals surface area contributed by atoms with Crippen molar-refractivity contribution in [3.05, 3.63) is 47.3 Å². The molecule has 1 aromatic heterocycles. The van der Waals surface area contributed by atoms with E-state index >= 15 is 0 Å². The Balaban J connectivity index is 2.18. The maximum atomic E-state index is 12.3. The molecule has 0 atom stereocenters. The molecule has 0 unspecified atom stereocenters. The van der Waals surface area contributed by atoms with Gasteiger partial charge in [0.15, 0.2) is 0 Å². The highest BCUT2D eigenvalue weighted by Gasteiger charge is 2.20. The molecule has 1 heterocycles. The van der Waals surface area contributed by atoms with Crippen LogP contribution in [0.1, 0.15) is 35.6 Å². The van der Waals surface area contributed by atoms with Gasteiger partial charge in [-0.15, -0.1) is 0 Å². The molecule has 2 rings (SSSR count). The molecular weight excluding hydrogens is 278 g/mol. The standard InChI is InChI=1S/C17H23N3O2/c1-12-10-13(2)20(18-12)15-8-6-14(7-9-15)16(21)19(5)11-17(3,4)22/h6-10,22H,11H2,1-5H3. The summed E-state index contributed by atoms with van der Waals surface area (Å²) < 4.78 is 1.85. The van der Waals surface area contributed by atoms with Gasteiger partial charge in [-0.2, -0.15) is 5.10 Å². The molecule has 118 valence electrons. The molecule has 5 nitrogen and oxygen atoms in total. The fourth-order valence-corrected chi connectivity index (χ4v) is 2.51. The molecule has 0 aliphatic heterocycles. The van der Waals surface area contributed by atoms with E-state index in [0.717, 1.165) is 17.1 Å². The van der Waals surface area contributed by atoms with Gasteiger partial charge in [-0.25, -0.2) is 4.68 Å². The predicted molar refractivity (Wildman–Crippen MR) is 86.3 cm³/mol. The first-order valence-corrected chi connectivity index (χ1v) is 7.29. The van der Waals surface area contributed by atoms with E-state index in [1.165, 1.54) is 4.90 Å². The van der Waals surface area contributed by atoms with Gasteiger partial charge >= 0.3 is 0 Å². The average molecular weight is 301 g/mol. The van der Waals surface area contributed by atoms with Crippen LogP contribution in [0, 0.1) is 13.8 Å². The van der Waals surface area contributed by atoms with Crippen LogP contribution in [0.4, 0.5) is 0 Å². The molecule has 1 amide bonds. The number of aliphatic hydroxyl groups is 1. The Hall–Kier alpha value is -2.14. The molecule has 0 saturated heterocycles. The Morgan fingerprint density at radius 1 is 1.27 bits per heavy atom. The summed E-state index contributed by atoms with van der Waals surface area (Å²) >= 11 is 0. The van der Waals surface area contributed by atoms with Gasteiger partial charge in [0.05, 0.1) is 17.0 Å². The molecule has 0 aliphatic carbocycles. The number of likely N-dealkylation sites (N-methyl/N-ethyl adjacent to an activating group) is 1. The number of carbonyl (C=O) groups is 1. The van der Waals surface area contributed by atoms with E-state index < -0.39 is 5.60 Å². The Morgan fingerprint density at radius 2 is 1.86 bits per heavy atom. The van der Waals surface area contributed by atoms with E-state index in [1.807, 2.05) is 36.7 Å². The van der Waals surface area contributed by atoms with Crippen molar-refractivity contribution >= 4 is 5.91 Å². The van der Waals surface area contributed by atoms with Crippen LogP contribution in [0.3, 0.4) is 0 Å². The van der Waals surface area contributed by atoms with Gasteiger partial charge in [0, 0.05) is 24.8 Å². The summed E-state index contributed by atoms with van der Waals surface area (Å²) in [5, 5.41) is 14.2. The highest BCUT2D eigenvalue weighted by atomic mass is 16.3. The minimum absolute atomic E-state index is 0.109. The summed E-state index contributed by atoms with van der Waals surface area (Å²) in [4.78, 5) is 13.9. The van der Waals surface area contributed by atoms with Gasteiger partial charge in [-0.1, -0.05) is 0 Å². The van der Waals surface area contributed by atoms with Gasteiger partial charge in [0.2, 0.25) is 0 Å². The third-order valence-corrected chi connectivity index (χ3v) is 3.34. The molecule has 1 aromatic carbocycles. The van der Waals surface area contributed by atoms with Gasteiger partial charge in [-0.3, -0.25) is 4.79 Å². The Bertz CT molecular complexity index is 666. The second kappa shape index (κ2) is 5.93. The molecule has 0 aliphatic rings. The normalized spacial score (nSPS) is 11.5. The zero-order chi connectivity index (χ0) is 16.5. The van der Waals surface area contributed by atoms with Gasteiger partial charge in [0.25, 0.3) is 5.91 Å². The maximum Gasteiger partial charge on any atom is 0.253 e. The largest absolute Gasteiger partial charge is 0.389 e. The number of aryl methyl sites for hydroxylation is 2. The van der Waals surface area contributed by atoms with Crippen LogP contribution in [0.15, 0.2) is 30.3 Å². The van der Waals surface area contributed by atoms with Crippen LogP contribution in [-0.4, -0.2) is 44.9 Å². The van der Waals surface area contributed by atoms with E-state index in [-0.39, 0.29) is 12.5 Å². The number of carbonyl (C=O) groups excluding carboxylic acids is 1. The first-order chi connectivity index (χ1) is 10.2. The lowest BCUT2D eigenvalue weighted by atomic mass is 10.1. The molecule has 1 N–H and O–H groups in total. The van der Waals surface area contributed by atoms with E-state index in [9.17, 15) is 9.90 Å². The highest BCUT2D eigenvalue weighted by molar-refractivity contribution is 5.94. The summed E-state index contributed by atoms with van der Waals surface area (Å²) in [6.45, 7) is 7.60. The van der Waals surface area contributed by atoms with Crippen LogP contribution in [0.25, 0.3) is 5.69 Å². The fraction of sp³-hybridized carbons (Fsp3) is 0.412. The first-order valence-electron chi connectivity index (χ1n) is 7.29. The van der Waals surface area contributed by atoms with E-state index in [1.54, 1.807) is 33.0 Å². The summed E-state index contributed by atoms with van der Waals surface area (Å²) in [5.74, 6) is -0.109. The number of aromatic nitrogens is 2. The van der Waals surface area contributed by atoms with Crippen LogP contribution in [0.5, 0.6) is 0 Å². The molecule has 0 radical (unpaired) electrons. The van der Waals surface area contributed by atoms with Crippen LogP contribution < -0.4 is 0 Å². The molecule has 22 heavy (non-hydrogen) atoms. The van der Waals surface area contributed by atoms with Crippen molar-refractivity contribution in [1.82, 2.24) is 14.7 Å². The van der Waals surface area contributed by atoms with E-state index in [0.29, 0.717) is 5.56 Å². The molecular formula is C17H23N3O2. The van der Waals surface area contributed by atoms with Crippen molar-refractivity contribution in [2.75, 3.05) is 13.6 Å². The molecule has 0 spiro atoms. The number of rotatable bonds is 4. The van der Waals surface area contributed by atoms with Crippen molar-refractivity contribution in [3.63, 3.8) is 0 Å². The monoisotopic (exact) mass is 301 g/mol. The van der Waals surface area contributed by atoms with Crippen LogP contribution in [-0.2, 0) is 0 Å². The number of amides is 1. The Labute approximate surface area is 131 Å². The van der Waals surface area contributed by atoms with Crippen molar-refractivity contribution < 1.29 is 9.90 Å². The summed E-state index contributed by atoms with van der Waals surface area (Å²) in [6.07, 6.45) is 0. The van der Waals surface area contributed by atoms with Crippen molar-refractivity contribution in [2.24, 2.45) is 0 Å². The summed E-state index contributed by atoms with van der Waals surface area (Å²) in [7, 11) is 1.69. The van der Waals surface area contributed by atoms with Gasteiger partial charge in [0.1, 0.15) is 0 Å².